The number of aromatic nitrogens is 2. The molecule has 4 nitrogen and oxygen atoms in total. The van der Waals surface area contributed by atoms with Gasteiger partial charge in [-0.1, -0.05) is 30.3 Å². The molecule has 0 radical (unpaired) electrons. The molecule has 2 aromatic carbocycles. The second kappa shape index (κ2) is 8.24. The molecule has 0 aliphatic heterocycles. The molecule has 0 unspecified atom stereocenters. The second-order valence-corrected chi connectivity index (χ2v) is 5.87. The molecule has 0 atom stereocenters. The summed E-state index contributed by atoms with van der Waals surface area (Å²) in [7, 11) is 0. The summed E-state index contributed by atoms with van der Waals surface area (Å²) >= 11 is 0. The van der Waals surface area contributed by atoms with Crippen molar-refractivity contribution in [2.75, 3.05) is 17.2 Å². The molecule has 0 spiro atoms. The normalized spacial score (nSPS) is 10.5. The van der Waals surface area contributed by atoms with Crippen molar-refractivity contribution in [1.29, 1.82) is 0 Å². The molecule has 0 aliphatic rings. The Hall–Kier alpha value is -2.95. The first-order chi connectivity index (χ1) is 12.2. The summed E-state index contributed by atoms with van der Waals surface area (Å²) in [5.74, 6) is 1.01. The third-order valence-corrected chi connectivity index (χ3v) is 3.75. The lowest BCUT2D eigenvalue weighted by Crippen LogP contribution is -2.07. The van der Waals surface area contributed by atoms with E-state index in [1.807, 2.05) is 19.1 Å². The third kappa shape index (κ3) is 5.28. The van der Waals surface area contributed by atoms with Gasteiger partial charge in [0, 0.05) is 24.0 Å². The quantitative estimate of drug-likeness (QED) is 0.613. The standard InChI is InChI=1S/C20H21FN4/c1-15-14-19(22-13-5-8-16-6-3-2-4-7-16)25-20(23-15)24-18-11-9-17(21)10-12-18/h2-4,6-7,9-12,14H,5,8,13H2,1H3,(H2,22,23,24,25). The van der Waals surface area contributed by atoms with Crippen LogP contribution >= 0.6 is 0 Å². The highest BCUT2D eigenvalue weighted by atomic mass is 19.1. The average molecular weight is 336 g/mol. The number of halogens is 1. The van der Waals surface area contributed by atoms with Crippen LogP contribution in [0.5, 0.6) is 0 Å². The van der Waals surface area contributed by atoms with E-state index in [2.05, 4.69) is 44.9 Å². The SMILES string of the molecule is Cc1cc(NCCCc2ccccc2)nc(Nc2ccc(F)cc2)n1. The van der Waals surface area contributed by atoms with Crippen LogP contribution in [0.1, 0.15) is 17.7 Å². The van der Waals surface area contributed by atoms with Gasteiger partial charge in [0.05, 0.1) is 0 Å². The Bertz CT molecular complexity index is 804. The number of hydrogen-bond donors (Lipinski definition) is 2. The van der Waals surface area contributed by atoms with Crippen molar-refractivity contribution in [3.63, 3.8) is 0 Å². The molecule has 3 aromatic rings. The van der Waals surface area contributed by atoms with Gasteiger partial charge in [-0.3, -0.25) is 0 Å². The van der Waals surface area contributed by atoms with Gasteiger partial charge in [0.2, 0.25) is 5.95 Å². The lowest BCUT2D eigenvalue weighted by atomic mass is 10.1. The van der Waals surface area contributed by atoms with E-state index in [9.17, 15) is 4.39 Å². The van der Waals surface area contributed by atoms with Crippen molar-refractivity contribution < 1.29 is 4.39 Å². The minimum absolute atomic E-state index is 0.267. The summed E-state index contributed by atoms with van der Waals surface area (Å²) < 4.78 is 13.0. The van der Waals surface area contributed by atoms with Gasteiger partial charge in [-0.05, 0) is 49.6 Å². The topological polar surface area (TPSA) is 49.8 Å². The summed E-state index contributed by atoms with van der Waals surface area (Å²) in [5.41, 5.74) is 2.95. The third-order valence-electron chi connectivity index (χ3n) is 3.75. The zero-order valence-corrected chi connectivity index (χ0v) is 14.2. The lowest BCUT2D eigenvalue weighted by Gasteiger charge is -2.10. The van der Waals surface area contributed by atoms with Crippen LogP contribution in [0.4, 0.5) is 21.8 Å². The van der Waals surface area contributed by atoms with E-state index < -0.39 is 0 Å². The Labute approximate surface area is 147 Å². The highest BCUT2D eigenvalue weighted by molar-refractivity contribution is 5.55. The average Bonchev–Trinajstić information content (AvgIpc) is 2.61. The number of nitrogens with zero attached hydrogens (tertiary/aromatic N) is 2. The number of anilines is 3. The summed E-state index contributed by atoms with van der Waals surface area (Å²) in [6.45, 7) is 2.76. The van der Waals surface area contributed by atoms with E-state index in [1.165, 1.54) is 17.7 Å². The van der Waals surface area contributed by atoms with E-state index in [4.69, 9.17) is 0 Å². The number of nitrogens with one attached hydrogen (secondary N) is 2. The molecule has 128 valence electrons. The van der Waals surface area contributed by atoms with Gasteiger partial charge < -0.3 is 10.6 Å². The summed E-state index contributed by atoms with van der Waals surface area (Å²) in [4.78, 5) is 8.84. The molecule has 0 fully saturated rings. The van der Waals surface area contributed by atoms with Crippen LogP contribution in [0.3, 0.4) is 0 Å². The van der Waals surface area contributed by atoms with Crippen LogP contribution in [-0.4, -0.2) is 16.5 Å². The number of benzene rings is 2. The molecule has 0 bridgehead atoms. The highest BCUT2D eigenvalue weighted by Gasteiger charge is 2.03. The van der Waals surface area contributed by atoms with E-state index in [1.54, 1.807) is 12.1 Å². The molecule has 1 aromatic heterocycles. The maximum absolute atomic E-state index is 13.0. The molecule has 2 N–H and O–H groups in total. The van der Waals surface area contributed by atoms with Crippen LogP contribution in [0.15, 0.2) is 60.7 Å². The van der Waals surface area contributed by atoms with Crippen molar-refractivity contribution in [2.24, 2.45) is 0 Å². The Morgan fingerprint density at radius 1 is 0.960 bits per heavy atom. The Balaban J connectivity index is 1.56. The Morgan fingerprint density at radius 3 is 2.48 bits per heavy atom. The zero-order valence-electron chi connectivity index (χ0n) is 14.2. The van der Waals surface area contributed by atoms with Crippen molar-refractivity contribution in [2.45, 2.75) is 19.8 Å². The molecule has 0 amide bonds. The monoisotopic (exact) mass is 336 g/mol. The van der Waals surface area contributed by atoms with Gasteiger partial charge >= 0.3 is 0 Å². The maximum Gasteiger partial charge on any atom is 0.229 e. The molecular weight excluding hydrogens is 315 g/mol. The first-order valence-electron chi connectivity index (χ1n) is 8.35. The van der Waals surface area contributed by atoms with Gasteiger partial charge in [-0.25, -0.2) is 9.37 Å². The summed E-state index contributed by atoms with van der Waals surface area (Å²) in [5, 5.41) is 6.44. The Morgan fingerprint density at radius 2 is 1.72 bits per heavy atom. The van der Waals surface area contributed by atoms with Gasteiger partial charge in [-0.15, -0.1) is 0 Å². The van der Waals surface area contributed by atoms with Gasteiger partial charge in [0.1, 0.15) is 11.6 Å². The number of hydrogen-bond acceptors (Lipinski definition) is 4. The number of aryl methyl sites for hydroxylation is 2. The lowest BCUT2D eigenvalue weighted by molar-refractivity contribution is 0.628. The van der Waals surface area contributed by atoms with Crippen LogP contribution < -0.4 is 10.6 Å². The second-order valence-electron chi connectivity index (χ2n) is 5.87. The summed E-state index contributed by atoms with van der Waals surface area (Å²) in [6, 6.07) is 18.5. The maximum atomic E-state index is 13.0. The smallest absolute Gasteiger partial charge is 0.229 e. The van der Waals surface area contributed by atoms with Crippen LogP contribution in [0.2, 0.25) is 0 Å². The fourth-order valence-corrected chi connectivity index (χ4v) is 2.53. The first-order valence-corrected chi connectivity index (χ1v) is 8.35. The van der Waals surface area contributed by atoms with E-state index in [0.717, 1.165) is 36.6 Å². The van der Waals surface area contributed by atoms with Crippen LogP contribution in [0.25, 0.3) is 0 Å². The molecule has 1 heterocycles. The highest BCUT2D eigenvalue weighted by Crippen LogP contribution is 2.16. The van der Waals surface area contributed by atoms with Crippen molar-refractivity contribution in [3.8, 4) is 0 Å². The van der Waals surface area contributed by atoms with Gasteiger partial charge in [-0.2, -0.15) is 4.98 Å². The van der Waals surface area contributed by atoms with Crippen LogP contribution in [-0.2, 0) is 6.42 Å². The minimum atomic E-state index is -0.267. The largest absolute Gasteiger partial charge is 0.370 e. The molecule has 0 saturated heterocycles. The molecule has 0 saturated carbocycles. The molecule has 25 heavy (non-hydrogen) atoms. The van der Waals surface area contributed by atoms with Crippen LogP contribution in [0, 0.1) is 12.7 Å². The molecule has 3 rings (SSSR count). The van der Waals surface area contributed by atoms with Crippen molar-refractivity contribution >= 4 is 17.5 Å². The predicted molar refractivity (Wildman–Crippen MR) is 99.7 cm³/mol. The molecule has 0 aliphatic carbocycles. The molecular formula is C20H21FN4. The van der Waals surface area contributed by atoms with Crippen molar-refractivity contribution in [1.82, 2.24) is 9.97 Å². The first kappa shape index (κ1) is 16.9. The fraction of sp³-hybridized carbons (Fsp3) is 0.200. The predicted octanol–water partition coefficient (Wildman–Crippen LogP) is 4.71. The molecule has 5 heteroatoms. The van der Waals surface area contributed by atoms with E-state index >= 15 is 0 Å². The fourth-order valence-electron chi connectivity index (χ4n) is 2.53. The van der Waals surface area contributed by atoms with Crippen molar-refractivity contribution in [3.05, 3.63) is 77.7 Å². The summed E-state index contributed by atoms with van der Waals surface area (Å²) in [6.07, 6.45) is 2.05. The van der Waals surface area contributed by atoms with E-state index in [-0.39, 0.29) is 5.82 Å². The van der Waals surface area contributed by atoms with E-state index in [0.29, 0.717) is 5.95 Å². The Kier molecular flexibility index (Phi) is 5.57. The zero-order chi connectivity index (χ0) is 17.5. The van der Waals surface area contributed by atoms with Gasteiger partial charge in [0.15, 0.2) is 0 Å². The number of rotatable bonds is 7. The minimum Gasteiger partial charge on any atom is -0.370 e. The van der Waals surface area contributed by atoms with Gasteiger partial charge in [0.25, 0.3) is 0 Å².